The van der Waals surface area contributed by atoms with Crippen molar-refractivity contribution < 1.29 is 9.47 Å². The highest BCUT2D eigenvalue weighted by molar-refractivity contribution is 5.33. The fourth-order valence-electron chi connectivity index (χ4n) is 2.65. The lowest BCUT2D eigenvalue weighted by Crippen LogP contribution is -2.36. The zero-order chi connectivity index (χ0) is 12.8. The number of ether oxygens (including phenoxy) is 2. The highest BCUT2D eigenvalue weighted by atomic mass is 16.5. The van der Waals surface area contributed by atoms with Crippen LogP contribution in [0.1, 0.15) is 31.2 Å². The van der Waals surface area contributed by atoms with Crippen LogP contribution in [-0.4, -0.2) is 26.4 Å². The highest BCUT2D eigenvalue weighted by Gasteiger charge is 2.21. The largest absolute Gasteiger partial charge is 0.496 e. The molecule has 18 heavy (non-hydrogen) atoms. The Hall–Kier alpha value is -1.06. The Kier molecular flexibility index (Phi) is 5.02. The van der Waals surface area contributed by atoms with Gasteiger partial charge in [-0.1, -0.05) is 18.2 Å². The van der Waals surface area contributed by atoms with Crippen molar-refractivity contribution in [3.63, 3.8) is 0 Å². The molecule has 1 aliphatic rings. The number of rotatable bonds is 5. The second kappa shape index (κ2) is 6.76. The molecular formula is C15H23NO2. The van der Waals surface area contributed by atoms with Crippen LogP contribution < -0.4 is 10.1 Å². The van der Waals surface area contributed by atoms with Gasteiger partial charge in [0, 0.05) is 25.3 Å². The lowest BCUT2D eigenvalue weighted by molar-refractivity contribution is 0.0586. The number of hydrogen-bond acceptors (Lipinski definition) is 3. The van der Waals surface area contributed by atoms with Crippen molar-refractivity contribution in [2.45, 2.75) is 44.4 Å². The van der Waals surface area contributed by atoms with Gasteiger partial charge in [-0.2, -0.15) is 0 Å². The molecule has 1 aliphatic carbocycles. The topological polar surface area (TPSA) is 30.5 Å². The lowest BCUT2D eigenvalue weighted by Gasteiger charge is -2.29. The molecule has 2 atom stereocenters. The van der Waals surface area contributed by atoms with E-state index in [0.29, 0.717) is 12.1 Å². The van der Waals surface area contributed by atoms with E-state index in [2.05, 4.69) is 17.4 Å². The monoisotopic (exact) mass is 249 g/mol. The van der Waals surface area contributed by atoms with Gasteiger partial charge >= 0.3 is 0 Å². The van der Waals surface area contributed by atoms with Gasteiger partial charge in [0.15, 0.2) is 0 Å². The molecule has 1 aromatic rings. The van der Waals surface area contributed by atoms with E-state index in [1.807, 2.05) is 19.2 Å². The standard InChI is InChI=1S/C15H23NO2/c1-17-14-8-5-7-13(10-14)16-11-12-6-3-4-9-15(12)18-2/h3-4,6,9,13-14,16H,5,7-8,10-11H2,1-2H3. The van der Waals surface area contributed by atoms with Crippen LogP contribution in [0.3, 0.4) is 0 Å². The maximum absolute atomic E-state index is 5.45. The van der Waals surface area contributed by atoms with Crippen LogP contribution in [0.2, 0.25) is 0 Å². The molecule has 0 saturated heterocycles. The summed E-state index contributed by atoms with van der Waals surface area (Å²) < 4.78 is 10.8. The predicted molar refractivity (Wildman–Crippen MR) is 72.9 cm³/mol. The van der Waals surface area contributed by atoms with Crippen molar-refractivity contribution in [2.75, 3.05) is 14.2 Å². The summed E-state index contributed by atoms with van der Waals surface area (Å²) in [6.45, 7) is 0.866. The Morgan fingerprint density at radius 2 is 2.06 bits per heavy atom. The van der Waals surface area contributed by atoms with Crippen LogP contribution in [-0.2, 0) is 11.3 Å². The van der Waals surface area contributed by atoms with Gasteiger partial charge in [0.25, 0.3) is 0 Å². The summed E-state index contributed by atoms with van der Waals surface area (Å²) in [6, 6.07) is 8.74. The first-order valence-electron chi connectivity index (χ1n) is 6.71. The van der Waals surface area contributed by atoms with E-state index in [9.17, 15) is 0 Å². The molecule has 0 amide bonds. The highest BCUT2D eigenvalue weighted by Crippen LogP contribution is 2.22. The molecule has 100 valence electrons. The van der Waals surface area contributed by atoms with Crippen LogP contribution >= 0.6 is 0 Å². The zero-order valence-electron chi connectivity index (χ0n) is 11.3. The SMILES string of the molecule is COc1ccccc1CNC1CCCC(OC)C1. The second-order valence-electron chi connectivity index (χ2n) is 4.91. The van der Waals surface area contributed by atoms with Crippen molar-refractivity contribution in [1.29, 1.82) is 0 Å². The van der Waals surface area contributed by atoms with Crippen molar-refractivity contribution in [1.82, 2.24) is 5.32 Å². The average molecular weight is 249 g/mol. The lowest BCUT2D eigenvalue weighted by atomic mass is 9.92. The van der Waals surface area contributed by atoms with E-state index in [1.165, 1.54) is 24.8 Å². The molecule has 2 unspecified atom stereocenters. The molecule has 0 bridgehead atoms. The zero-order valence-corrected chi connectivity index (χ0v) is 11.3. The van der Waals surface area contributed by atoms with Gasteiger partial charge < -0.3 is 14.8 Å². The first kappa shape index (κ1) is 13.4. The summed E-state index contributed by atoms with van der Waals surface area (Å²) in [5.74, 6) is 0.962. The smallest absolute Gasteiger partial charge is 0.123 e. The van der Waals surface area contributed by atoms with E-state index in [1.54, 1.807) is 7.11 Å². The van der Waals surface area contributed by atoms with Gasteiger partial charge in [-0.15, -0.1) is 0 Å². The maximum Gasteiger partial charge on any atom is 0.123 e. The van der Waals surface area contributed by atoms with Crippen LogP contribution in [0.4, 0.5) is 0 Å². The number of hydrogen-bond donors (Lipinski definition) is 1. The van der Waals surface area contributed by atoms with Gasteiger partial charge in [-0.3, -0.25) is 0 Å². The Morgan fingerprint density at radius 1 is 1.22 bits per heavy atom. The Bertz CT molecular complexity index is 367. The summed E-state index contributed by atoms with van der Waals surface area (Å²) in [5, 5.41) is 3.62. The third kappa shape index (κ3) is 3.47. The summed E-state index contributed by atoms with van der Waals surface area (Å²) >= 11 is 0. The predicted octanol–water partition coefficient (Wildman–Crippen LogP) is 2.74. The minimum absolute atomic E-state index is 0.425. The number of nitrogens with one attached hydrogen (secondary N) is 1. The molecule has 3 nitrogen and oxygen atoms in total. The van der Waals surface area contributed by atoms with E-state index in [4.69, 9.17) is 9.47 Å². The molecule has 3 heteroatoms. The number of para-hydroxylation sites is 1. The second-order valence-corrected chi connectivity index (χ2v) is 4.91. The van der Waals surface area contributed by atoms with E-state index in [-0.39, 0.29) is 0 Å². The third-order valence-electron chi connectivity index (χ3n) is 3.73. The van der Waals surface area contributed by atoms with Crippen molar-refractivity contribution >= 4 is 0 Å². The first-order valence-corrected chi connectivity index (χ1v) is 6.71. The van der Waals surface area contributed by atoms with Gasteiger partial charge in [0.2, 0.25) is 0 Å². The first-order chi connectivity index (χ1) is 8.83. The molecule has 1 saturated carbocycles. The summed E-state index contributed by atoms with van der Waals surface area (Å²) in [7, 11) is 3.54. The third-order valence-corrected chi connectivity index (χ3v) is 3.73. The molecule has 0 aliphatic heterocycles. The average Bonchev–Trinajstić information content (AvgIpc) is 2.45. The van der Waals surface area contributed by atoms with E-state index < -0.39 is 0 Å². The summed E-state index contributed by atoms with van der Waals surface area (Å²) in [4.78, 5) is 0. The van der Waals surface area contributed by atoms with Gasteiger partial charge in [-0.05, 0) is 31.7 Å². The number of benzene rings is 1. The molecular weight excluding hydrogens is 226 g/mol. The van der Waals surface area contributed by atoms with E-state index in [0.717, 1.165) is 18.7 Å². The van der Waals surface area contributed by atoms with Crippen LogP contribution in [0.5, 0.6) is 5.75 Å². The van der Waals surface area contributed by atoms with Crippen molar-refractivity contribution in [2.24, 2.45) is 0 Å². The van der Waals surface area contributed by atoms with Crippen molar-refractivity contribution in [3.05, 3.63) is 29.8 Å². The Morgan fingerprint density at radius 3 is 2.83 bits per heavy atom. The summed E-state index contributed by atoms with van der Waals surface area (Å²) in [6.07, 6.45) is 5.24. The molecule has 1 N–H and O–H groups in total. The molecule has 2 rings (SSSR count). The molecule has 0 radical (unpaired) electrons. The molecule has 1 aromatic carbocycles. The number of methoxy groups -OCH3 is 2. The Balaban J connectivity index is 1.87. The minimum Gasteiger partial charge on any atom is -0.496 e. The minimum atomic E-state index is 0.425. The van der Waals surface area contributed by atoms with Gasteiger partial charge in [0.1, 0.15) is 5.75 Å². The maximum atomic E-state index is 5.45. The summed E-state index contributed by atoms with van der Waals surface area (Å²) in [5.41, 5.74) is 1.22. The fraction of sp³-hybridized carbons (Fsp3) is 0.600. The molecule has 0 heterocycles. The van der Waals surface area contributed by atoms with Gasteiger partial charge in [0.05, 0.1) is 13.2 Å². The van der Waals surface area contributed by atoms with Crippen LogP contribution in [0, 0.1) is 0 Å². The fourth-order valence-corrected chi connectivity index (χ4v) is 2.65. The van der Waals surface area contributed by atoms with Crippen LogP contribution in [0.25, 0.3) is 0 Å². The van der Waals surface area contributed by atoms with Crippen LogP contribution in [0.15, 0.2) is 24.3 Å². The van der Waals surface area contributed by atoms with E-state index >= 15 is 0 Å². The normalized spacial score (nSPS) is 23.9. The van der Waals surface area contributed by atoms with Crippen molar-refractivity contribution in [3.8, 4) is 5.75 Å². The molecule has 1 fully saturated rings. The molecule has 0 spiro atoms. The Labute approximate surface area is 109 Å². The quantitative estimate of drug-likeness (QED) is 0.870. The molecule has 0 aromatic heterocycles. The van der Waals surface area contributed by atoms with Gasteiger partial charge in [-0.25, -0.2) is 0 Å².